The molecule has 4 rings (SSSR count). The molecule has 0 unspecified atom stereocenters. The maximum atomic E-state index is 13.1. The molecule has 30 heavy (non-hydrogen) atoms. The van der Waals surface area contributed by atoms with Gasteiger partial charge in [-0.1, -0.05) is 12.1 Å². The summed E-state index contributed by atoms with van der Waals surface area (Å²) < 4.78 is 54.5. The molecule has 2 aromatic carbocycles. The van der Waals surface area contributed by atoms with Crippen molar-refractivity contribution < 1.29 is 22.4 Å². The van der Waals surface area contributed by atoms with Crippen LogP contribution in [0, 0.1) is 5.82 Å². The number of nitrogens with one attached hydrogen (secondary N) is 1. The Kier molecular flexibility index (Phi) is 4.57. The maximum absolute atomic E-state index is 13.1. The molecule has 4 aromatic rings. The number of nitrogens with zero attached hydrogens (tertiary/aromatic N) is 4. The fourth-order valence-corrected chi connectivity index (χ4v) is 2.86. The minimum Gasteiger partial charge on any atom is -0.267 e. The molecule has 0 aliphatic rings. The van der Waals surface area contributed by atoms with E-state index < -0.39 is 34.6 Å². The van der Waals surface area contributed by atoms with E-state index in [1.807, 2.05) is 0 Å². The highest BCUT2D eigenvalue weighted by molar-refractivity contribution is 6.01. The number of alkyl halides is 3. The summed E-state index contributed by atoms with van der Waals surface area (Å²) in [6.07, 6.45) is -2.59. The van der Waals surface area contributed by atoms with Crippen molar-refractivity contribution in [2.75, 3.05) is 5.43 Å². The number of hydrogen-bond acceptors (Lipinski definition) is 4. The third-order valence-electron chi connectivity index (χ3n) is 4.26. The first-order valence-electron chi connectivity index (χ1n) is 8.44. The van der Waals surface area contributed by atoms with Crippen LogP contribution >= 0.6 is 0 Å². The summed E-state index contributed by atoms with van der Waals surface area (Å²) in [6.45, 7) is 0. The average Bonchev–Trinajstić information content (AvgIpc) is 3.15. The number of amides is 1. The zero-order valence-electron chi connectivity index (χ0n) is 14.9. The van der Waals surface area contributed by atoms with Gasteiger partial charge in [0.15, 0.2) is 5.65 Å². The standard InChI is InChI=1S/C19H11F4N5O2/c20-11-5-7-12(8-6-11)28-16-14(9-25-28)18(30)27(10-24-16)26-17(29)13-3-1-2-4-15(13)19(21,22)23/h1-10H,(H,26,29). The second-order valence-electron chi connectivity index (χ2n) is 6.17. The number of carbonyl (C=O) groups excluding carboxylic acids is 1. The third-order valence-corrected chi connectivity index (χ3v) is 4.26. The van der Waals surface area contributed by atoms with Crippen molar-refractivity contribution in [1.29, 1.82) is 0 Å². The van der Waals surface area contributed by atoms with Gasteiger partial charge < -0.3 is 0 Å². The summed E-state index contributed by atoms with van der Waals surface area (Å²) in [6, 6.07) is 9.50. The molecule has 0 saturated carbocycles. The number of halogens is 4. The summed E-state index contributed by atoms with van der Waals surface area (Å²) in [4.78, 5) is 29.1. The number of aromatic nitrogens is 4. The van der Waals surface area contributed by atoms with Crippen LogP contribution in [0.4, 0.5) is 17.6 Å². The summed E-state index contributed by atoms with van der Waals surface area (Å²) in [5, 5.41) is 4.04. The van der Waals surface area contributed by atoms with E-state index in [-0.39, 0.29) is 11.0 Å². The molecule has 0 radical (unpaired) electrons. The Bertz CT molecular complexity index is 1310. The second-order valence-corrected chi connectivity index (χ2v) is 6.17. The molecule has 152 valence electrons. The van der Waals surface area contributed by atoms with E-state index in [0.717, 1.165) is 24.5 Å². The predicted octanol–water partition coefficient (Wildman–Crippen LogP) is 3.12. The highest BCUT2D eigenvalue weighted by Crippen LogP contribution is 2.31. The Morgan fingerprint density at radius 2 is 1.73 bits per heavy atom. The van der Waals surface area contributed by atoms with E-state index in [0.29, 0.717) is 10.4 Å². The van der Waals surface area contributed by atoms with Gasteiger partial charge in [0.25, 0.3) is 11.5 Å². The van der Waals surface area contributed by atoms with Gasteiger partial charge in [-0.2, -0.15) is 18.3 Å². The zero-order valence-corrected chi connectivity index (χ0v) is 14.9. The van der Waals surface area contributed by atoms with Crippen LogP contribution in [0.25, 0.3) is 16.7 Å². The first-order valence-corrected chi connectivity index (χ1v) is 8.44. The number of hydrogen-bond donors (Lipinski definition) is 1. The second kappa shape index (κ2) is 7.10. The molecule has 2 heterocycles. The Morgan fingerprint density at radius 3 is 2.43 bits per heavy atom. The van der Waals surface area contributed by atoms with Crippen molar-refractivity contribution in [2.45, 2.75) is 6.18 Å². The Hall–Kier alpha value is -4.02. The van der Waals surface area contributed by atoms with Crippen LogP contribution in [-0.4, -0.2) is 25.3 Å². The molecule has 0 atom stereocenters. The first-order chi connectivity index (χ1) is 14.3. The summed E-state index contributed by atoms with van der Waals surface area (Å²) >= 11 is 0. The lowest BCUT2D eigenvalue weighted by Crippen LogP contribution is -2.34. The lowest BCUT2D eigenvalue weighted by atomic mass is 10.1. The van der Waals surface area contributed by atoms with E-state index in [9.17, 15) is 27.2 Å². The Balaban J connectivity index is 1.70. The SMILES string of the molecule is O=C(Nn1cnc2c(cnn2-c2ccc(F)cc2)c1=O)c1ccccc1C(F)(F)F. The van der Waals surface area contributed by atoms with Crippen molar-refractivity contribution in [1.82, 2.24) is 19.4 Å². The van der Waals surface area contributed by atoms with Crippen LogP contribution in [0.2, 0.25) is 0 Å². The molecule has 0 aliphatic heterocycles. The van der Waals surface area contributed by atoms with E-state index >= 15 is 0 Å². The average molecular weight is 417 g/mol. The fourth-order valence-electron chi connectivity index (χ4n) is 2.86. The molecule has 1 N–H and O–H groups in total. The highest BCUT2D eigenvalue weighted by atomic mass is 19.4. The molecule has 0 aliphatic carbocycles. The lowest BCUT2D eigenvalue weighted by molar-refractivity contribution is -0.137. The largest absolute Gasteiger partial charge is 0.417 e. The van der Waals surface area contributed by atoms with Crippen LogP contribution in [0.1, 0.15) is 15.9 Å². The fraction of sp³-hybridized carbons (Fsp3) is 0.0526. The van der Waals surface area contributed by atoms with Gasteiger partial charge in [0.1, 0.15) is 17.5 Å². The number of carbonyl (C=O) groups is 1. The number of rotatable bonds is 3. The van der Waals surface area contributed by atoms with E-state index in [4.69, 9.17) is 0 Å². The van der Waals surface area contributed by atoms with Gasteiger partial charge in [0, 0.05) is 0 Å². The van der Waals surface area contributed by atoms with Crippen molar-refractivity contribution in [2.24, 2.45) is 0 Å². The minimum absolute atomic E-state index is 0.00577. The highest BCUT2D eigenvalue weighted by Gasteiger charge is 2.35. The molecule has 7 nitrogen and oxygen atoms in total. The topological polar surface area (TPSA) is 81.8 Å². The summed E-state index contributed by atoms with van der Waals surface area (Å²) in [5.74, 6) is -1.58. The van der Waals surface area contributed by atoms with Gasteiger partial charge in [-0.05, 0) is 36.4 Å². The number of fused-ring (bicyclic) bond motifs is 1. The molecular formula is C19H11F4N5O2. The minimum atomic E-state index is -4.74. The van der Waals surface area contributed by atoms with Gasteiger partial charge in [0.05, 0.1) is 23.0 Å². The monoisotopic (exact) mass is 417 g/mol. The molecule has 1 amide bonds. The van der Waals surface area contributed by atoms with Crippen molar-refractivity contribution in [3.63, 3.8) is 0 Å². The molecule has 0 spiro atoms. The molecule has 0 bridgehead atoms. The molecule has 0 fully saturated rings. The maximum Gasteiger partial charge on any atom is 0.417 e. The molecule has 2 aromatic heterocycles. The molecule has 0 saturated heterocycles. The van der Waals surface area contributed by atoms with Crippen LogP contribution in [0.5, 0.6) is 0 Å². The summed E-state index contributed by atoms with van der Waals surface area (Å²) in [7, 11) is 0. The summed E-state index contributed by atoms with van der Waals surface area (Å²) in [5.41, 5.74) is 0.165. The van der Waals surface area contributed by atoms with Crippen LogP contribution in [0.15, 0.2) is 65.8 Å². The molecular weight excluding hydrogens is 406 g/mol. The number of benzene rings is 2. The normalized spacial score (nSPS) is 11.6. The van der Waals surface area contributed by atoms with E-state index in [1.54, 1.807) is 0 Å². The Morgan fingerprint density at radius 1 is 1.03 bits per heavy atom. The third kappa shape index (κ3) is 3.41. The van der Waals surface area contributed by atoms with Gasteiger partial charge in [-0.3, -0.25) is 15.0 Å². The smallest absolute Gasteiger partial charge is 0.267 e. The van der Waals surface area contributed by atoms with Gasteiger partial charge in [0.2, 0.25) is 0 Å². The Labute approximate surface area is 165 Å². The molecule has 11 heteroatoms. The first kappa shape index (κ1) is 19.3. The van der Waals surface area contributed by atoms with Gasteiger partial charge in [-0.15, -0.1) is 0 Å². The van der Waals surface area contributed by atoms with Gasteiger partial charge >= 0.3 is 6.18 Å². The van der Waals surface area contributed by atoms with Crippen molar-refractivity contribution >= 4 is 16.9 Å². The van der Waals surface area contributed by atoms with Crippen LogP contribution in [-0.2, 0) is 6.18 Å². The van der Waals surface area contributed by atoms with Crippen LogP contribution in [0.3, 0.4) is 0 Å². The quantitative estimate of drug-likeness (QED) is 0.520. The van der Waals surface area contributed by atoms with Crippen molar-refractivity contribution in [3.8, 4) is 5.69 Å². The zero-order chi connectivity index (χ0) is 21.5. The van der Waals surface area contributed by atoms with E-state index in [2.05, 4.69) is 15.5 Å². The van der Waals surface area contributed by atoms with Gasteiger partial charge in [-0.25, -0.2) is 18.7 Å². The van der Waals surface area contributed by atoms with Crippen molar-refractivity contribution in [3.05, 3.63) is 88.4 Å². The van der Waals surface area contributed by atoms with E-state index in [1.165, 1.54) is 41.2 Å². The predicted molar refractivity (Wildman–Crippen MR) is 98.2 cm³/mol. The lowest BCUT2D eigenvalue weighted by Gasteiger charge is -2.13. The van der Waals surface area contributed by atoms with Crippen LogP contribution < -0.4 is 11.0 Å².